The molecule has 40 heavy (non-hydrogen) atoms. The SMILES string of the molecule is CNC1CCC(C(=O)N2CCCC(C(O)(CCCNC(=O)O)c3cc(F)cc(F)c3-c3cc(C)ccc3F)C2)C1. The van der Waals surface area contributed by atoms with Crippen LogP contribution in [0.5, 0.6) is 0 Å². The summed E-state index contributed by atoms with van der Waals surface area (Å²) >= 11 is 0. The van der Waals surface area contributed by atoms with E-state index >= 15 is 8.78 Å². The Morgan fingerprint density at radius 1 is 1.10 bits per heavy atom. The average molecular weight is 562 g/mol. The molecule has 2 fully saturated rings. The predicted molar refractivity (Wildman–Crippen MR) is 145 cm³/mol. The van der Waals surface area contributed by atoms with Gasteiger partial charge in [0.2, 0.25) is 5.91 Å². The van der Waals surface area contributed by atoms with Gasteiger partial charge in [0.15, 0.2) is 0 Å². The fourth-order valence-corrected chi connectivity index (χ4v) is 6.42. The Bertz CT molecular complexity index is 1240. The molecule has 218 valence electrons. The lowest BCUT2D eigenvalue weighted by Gasteiger charge is -2.44. The van der Waals surface area contributed by atoms with Crippen LogP contribution in [0.1, 0.15) is 56.1 Å². The topological polar surface area (TPSA) is 102 Å². The fraction of sp³-hybridized carbons (Fsp3) is 0.533. The Balaban J connectivity index is 1.74. The van der Waals surface area contributed by atoms with Crippen molar-refractivity contribution in [2.45, 2.75) is 63.5 Å². The number of carbonyl (C=O) groups excluding carboxylic acids is 1. The molecule has 2 amide bonds. The maximum Gasteiger partial charge on any atom is 0.404 e. The van der Waals surface area contributed by atoms with E-state index in [0.717, 1.165) is 25.3 Å². The van der Waals surface area contributed by atoms with Crippen LogP contribution in [0.15, 0.2) is 30.3 Å². The van der Waals surface area contributed by atoms with Gasteiger partial charge in [0.05, 0.1) is 5.60 Å². The van der Waals surface area contributed by atoms with E-state index in [2.05, 4.69) is 10.6 Å². The highest BCUT2D eigenvalue weighted by atomic mass is 19.1. The minimum absolute atomic E-state index is 0.00637. The summed E-state index contributed by atoms with van der Waals surface area (Å²) in [4.78, 5) is 26.2. The third-order valence-electron chi connectivity index (χ3n) is 8.52. The molecule has 2 aromatic rings. The molecular formula is C30H38F3N3O4. The van der Waals surface area contributed by atoms with Gasteiger partial charge in [-0.2, -0.15) is 0 Å². The molecule has 10 heteroatoms. The zero-order valence-electron chi connectivity index (χ0n) is 23.0. The normalized spacial score (nSPS) is 22.6. The molecule has 2 aliphatic rings. The second kappa shape index (κ2) is 12.6. The summed E-state index contributed by atoms with van der Waals surface area (Å²) in [6, 6.07) is 6.18. The van der Waals surface area contributed by atoms with Crippen molar-refractivity contribution in [3.63, 3.8) is 0 Å². The number of aryl methyl sites for hydroxylation is 1. The summed E-state index contributed by atoms with van der Waals surface area (Å²) < 4.78 is 45.3. The van der Waals surface area contributed by atoms with Crippen molar-refractivity contribution < 1.29 is 33.0 Å². The molecule has 1 heterocycles. The van der Waals surface area contributed by atoms with Crippen LogP contribution in [-0.4, -0.2) is 59.8 Å². The second-order valence-corrected chi connectivity index (χ2v) is 11.2. The minimum Gasteiger partial charge on any atom is -0.465 e. The van der Waals surface area contributed by atoms with Gasteiger partial charge in [-0.15, -0.1) is 0 Å². The molecule has 4 rings (SSSR count). The molecule has 1 aliphatic carbocycles. The summed E-state index contributed by atoms with van der Waals surface area (Å²) in [5, 5.41) is 26.9. The number of carbonyl (C=O) groups is 2. The number of rotatable bonds is 9. The molecule has 1 saturated heterocycles. The number of likely N-dealkylation sites (tertiary alicyclic amines) is 1. The number of hydrogen-bond donors (Lipinski definition) is 4. The number of amides is 2. The van der Waals surface area contributed by atoms with E-state index in [1.807, 2.05) is 7.05 Å². The zero-order chi connectivity index (χ0) is 29.0. The first-order chi connectivity index (χ1) is 19.0. The van der Waals surface area contributed by atoms with Crippen LogP contribution in [0.3, 0.4) is 0 Å². The van der Waals surface area contributed by atoms with Gasteiger partial charge in [-0.3, -0.25) is 4.79 Å². The van der Waals surface area contributed by atoms with E-state index in [4.69, 9.17) is 5.11 Å². The number of aliphatic hydroxyl groups is 1. The molecule has 0 radical (unpaired) electrons. The molecule has 0 spiro atoms. The lowest BCUT2D eigenvalue weighted by Crippen LogP contribution is -2.50. The fourth-order valence-electron chi connectivity index (χ4n) is 6.42. The number of nitrogens with one attached hydrogen (secondary N) is 2. The molecule has 0 aromatic heterocycles. The molecule has 2 aromatic carbocycles. The summed E-state index contributed by atoms with van der Waals surface area (Å²) in [6.45, 7) is 2.42. The highest BCUT2D eigenvalue weighted by Crippen LogP contribution is 2.45. The van der Waals surface area contributed by atoms with Gasteiger partial charge in [0.1, 0.15) is 17.5 Å². The van der Waals surface area contributed by atoms with Crippen molar-refractivity contribution in [2.75, 3.05) is 26.7 Å². The highest BCUT2D eigenvalue weighted by molar-refractivity contribution is 5.79. The molecule has 1 aliphatic heterocycles. The quantitative estimate of drug-likeness (QED) is 0.325. The number of hydrogen-bond acceptors (Lipinski definition) is 4. The van der Waals surface area contributed by atoms with Gasteiger partial charge in [-0.1, -0.05) is 11.6 Å². The van der Waals surface area contributed by atoms with Crippen LogP contribution in [0.4, 0.5) is 18.0 Å². The van der Waals surface area contributed by atoms with Crippen molar-refractivity contribution >= 4 is 12.0 Å². The van der Waals surface area contributed by atoms with Crippen LogP contribution in [0.25, 0.3) is 11.1 Å². The van der Waals surface area contributed by atoms with Crippen LogP contribution in [-0.2, 0) is 10.4 Å². The van der Waals surface area contributed by atoms with Crippen molar-refractivity contribution in [1.82, 2.24) is 15.5 Å². The molecule has 7 nitrogen and oxygen atoms in total. The van der Waals surface area contributed by atoms with Gasteiger partial charge >= 0.3 is 6.09 Å². The first kappa shape index (κ1) is 29.9. The Labute approximate surface area is 232 Å². The van der Waals surface area contributed by atoms with Crippen LogP contribution < -0.4 is 10.6 Å². The van der Waals surface area contributed by atoms with Gasteiger partial charge in [-0.25, -0.2) is 18.0 Å². The molecular weight excluding hydrogens is 523 g/mol. The lowest BCUT2D eigenvalue weighted by atomic mass is 9.71. The van der Waals surface area contributed by atoms with Crippen molar-refractivity contribution in [3.8, 4) is 11.1 Å². The number of benzene rings is 2. The summed E-state index contributed by atoms with van der Waals surface area (Å²) in [7, 11) is 1.88. The Morgan fingerprint density at radius 2 is 1.88 bits per heavy atom. The van der Waals surface area contributed by atoms with Gasteiger partial charge < -0.3 is 25.7 Å². The second-order valence-electron chi connectivity index (χ2n) is 11.2. The third-order valence-corrected chi connectivity index (χ3v) is 8.52. The van der Waals surface area contributed by atoms with E-state index in [9.17, 15) is 19.1 Å². The number of nitrogens with zero attached hydrogens (tertiary/aromatic N) is 1. The van der Waals surface area contributed by atoms with Crippen molar-refractivity contribution in [3.05, 3.63) is 58.9 Å². The van der Waals surface area contributed by atoms with E-state index < -0.39 is 35.1 Å². The number of carboxylic acid groups (broad SMARTS) is 1. The zero-order valence-corrected chi connectivity index (χ0v) is 23.0. The largest absolute Gasteiger partial charge is 0.465 e. The van der Waals surface area contributed by atoms with E-state index in [-0.39, 0.29) is 60.5 Å². The standard InChI is InChI=1S/C30H38F3N3O4/c1-18-6-9-25(32)23(13-18)27-24(15-21(31)16-26(27)33)30(40,10-4-11-35-29(38)39)20-5-3-12-36(17-20)28(37)19-7-8-22(14-19)34-2/h6,9,13,15-16,19-20,22,34-35,40H,3-5,7-8,10-12,14,17H2,1-2H3,(H,38,39). The Kier molecular flexibility index (Phi) is 9.41. The molecule has 4 N–H and O–H groups in total. The van der Waals surface area contributed by atoms with Gasteiger partial charge in [0, 0.05) is 54.7 Å². The van der Waals surface area contributed by atoms with Gasteiger partial charge in [-0.05, 0) is 82.7 Å². The third kappa shape index (κ3) is 6.44. The van der Waals surface area contributed by atoms with Gasteiger partial charge in [0.25, 0.3) is 0 Å². The van der Waals surface area contributed by atoms with Crippen LogP contribution in [0, 0.1) is 36.2 Å². The van der Waals surface area contributed by atoms with Crippen molar-refractivity contribution in [2.24, 2.45) is 11.8 Å². The van der Waals surface area contributed by atoms with Crippen molar-refractivity contribution in [1.29, 1.82) is 0 Å². The maximum atomic E-state index is 15.5. The number of piperidine rings is 1. The smallest absolute Gasteiger partial charge is 0.404 e. The maximum absolute atomic E-state index is 15.5. The summed E-state index contributed by atoms with van der Waals surface area (Å²) in [5.41, 5.74) is -1.63. The number of halogens is 3. The molecule has 1 saturated carbocycles. The lowest BCUT2D eigenvalue weighted by molar-refractivity contribution is -0.141. The predicted octanol–water partition coefficient (Wildman–Crippen LogP) is 4.94. The molecule has 4 unspecified atom stereocenters. The monoisotopic (exact) mass is 561 g/mol. The van der Waals surface area contributed by atoms with Crippen LogP contribution >= 0.6 is 0 Å². The van der Waals surface area contributed by atoms with E-state index in [1.54, 1.807) is 11.8 Å². The first-order valence-electron chi connectivity index (χ1n) is 13.9. The Hall–Kier alpha value is -3.11. The molecule has 4 atom stereocenters. The van der Waals surface area contributed by atoms with Crippen LogP contribution in [0.2, 0.25) is 0 Å². The Morgan fingerprint density at radius 3 is 2.58 bits per heavy atom. The minimum atomic E-state index is -1.86. The molecule has 0 bridgehead atoms. The van der Waals surface area contributed by atoms with E-state index in [0.29, 0.717) is 31.0 Å². The average Bonchev–Trinajstić information content (AvgIpc) is 3.41. The summed E-state index contributed by atoms with van der Waals surface area (Å²) in [5.74, 6) is -3.37. The highest BCUT2D eigenvalue weighted by Gasteiger charge is 2.44. The first-order valence-corrected chi connectivity index (χ1v) is 13.9. The van der Waals surface area contributed by atoms with E-state index in [1.165, 1.54) is 18.2 Å². The summed E-state index contributed by atoms with van der Waals surface area (Å²) in [6.07, 6.45) is 2.34.